The maximum absolute atomic E-state index is 12.1. The van der Waals surface area contributed by atoms with Crippen LogP contribution in [0.15, 0.2) is 40.4 Å². The lowest BCUT2D eigenvalue weighted by Crippen LogP contribution is -2.34. The number of nitrogens with zero attached hydrogens (tertiary/aromatic N) is 2. The highest BCUT2D eigenvalue weighted by Crippen LogP contribution is 2.22. The maximum atomic E-state index is 12.1. The van der Waals surface area contributed by atoms with Crippen molar-refractivity contribution >= 4 is 33.2 Å². The minimum absolute atomic E-state index is 0.103. The van der Waals surface area contributed by atoms with Gasteiger partial charge in [0.2, 0.25) is 0 Å². The molecule has 20 heavy (non-hydrogen) atoms. The minimum atomic E-state index is -0.103. The first-order chi connectivity index (χ1) is 9.58. The lowest BCUT2D eigenvalue weighted by Gasteiger charge is -2.23. The van der Waals surface area contributed by atoms with Crippen LogP contribution in [0.2, 0.25) is 0 Å². The molecule has 0 radical (unpaired) electrons. The molecule has 0 bridgehead atoms. The van der Waals surface area contributed by atoms with Gasteiger partial charge in [0.25, 0.3) is 5.91 Å². The third-order valence-corrected chi connectivity index (χ3v) is 4.38. The van der Waals surface area contributed by atoms with Crippen LogP contribution < -0.4 is 5.32 Å². The predicted octanol–water partition coefficient (Wildman–Crippen LogP) is 2.94. The first-order valence-corrected chi connectivity index (χ1v) is 7.85. The Hall–Kier alpha value is -1.24. The third-order valence-electron chi connectivity index (χ3n) is 2.94. The monoisotopic (exact) mass is 353 g/mol. The molecule has 2 heterocycles. The molecule has 1 amide bonds. The largest absolute Gasteiger partial charge is 0.350 e. The van der Waals surface area contributed by atoms with Gasteiger partial charge in [-0.3, -0.25) is 4.79 Å². The van der Waals surface area contributed by atoms with Crippen LogP contribution in [-0.2, 0) is 0 Å². The summed E-state index contributed by atoms with van der Waals surface area (Å²) >= 11 is 4.95. The summed E-state index contributed by atoms with van der Waals surface area (Å²) in [6.07, 6.45) is 1.56. The zero-order chi connectivity index (χ0) is 14.5. The van der Waals surface area contributed by atoms with Crippen molar-refractivity contribution in [3.05, 3.63) is 50.9 Å². The molecular weight excluding hydrogens is 338 g/mol. The zero-order valence-electron chi connectivity index (χ0n) is 11.3. The number of rotatable bonds is 5. The van der Waals surface area contributed by atoms with E-state index >= 15 is 0 Å². The third kappa shape index (κ3) is 3.88. The van der Waals surface area contributed by atoms with E-state index in [-0.39, 0.29) is 11.9 Å². The normalized spacial score (nSPS) is 12.4. The molecule has 2 rings (SSSR count). The highest BCUT2D eigenvalue weighted by molar-refractivity contribution is 9.10. The lowest BCUT2D eigenvalue weighted by molar-refractivity contribution is 0.0942. The predicted molar refractivity (Wildman–Crippen MR) is 85.0 cm³/mol. The fraction of sp³-hybridized carbons (Fsp3) is 0.286. The Morgan fingerprint density at radius 2 is 2.25 bits per heavy atom. The summed E-state index contributed by atoms with van der Waals surface area (Å²) in [6, 6.07) is 7.81. The second-order valence-electron chi connectivity index (χ2n) is 4.57. The molecule has 0 aliphatic carbocycles. The maximum Gasteiger partial charge on any atom is 0.252 e. The van der Waals surface area contributed by atoms with E-state index in [1.807, 2.05) is 25.5 Å². The molecular formula is C14H16BrN3OS. The molecule has 0 saturated carbocycles. The fourth-order valence-corrected chi connectivity index (χ4v) is 2.98. The number of carbonyl (C=O) groups excluding carboxylic acids is 1. The van der Waals surface area contributed by atoms with E-state index in [0.717, 1.165) is 4.60 Å². The summed E-state index contributed by atoms with van der Waals surface area (Å²) in [5, 5.41) is 5.01. The Bertz CT molecular complexity index is 554. The van der Waals surface area contributed by atoms with Crippen molar-refractivity contribution in [3.63, 3.8) is 0 Å². The molecule has 1 N–H and O–H groups in total. The van der Waals surface area contributed by atoms with Crippen LogP contribution >= 0.6 is 27.3 Å². The molecule has 2 aromatic heterocycles. The molecule has 0 aromatic carbocycles. The number of likely N-dealkylation sites (N-methyl/N-ethyl adjacent to an activating group) is 1. The standard InChI is InChI=1S/C14H16BrN3OS/c1-18(2)11(12-4-3-7-20-12)9-17-14(19)10-5-6-13(15)16-8-10/h3-8,11H,9H2,1-2H3,(H,17,19). The Morgan fingerprint density at radius 3 is 2.80 bits per heavy atom. The lowest BCUT2D eigenvalue weighted by atomic mass is 10.2. The fourth-order valence-electron chi connectivity index (χ4n) is 1.82. The Labute approximate surface area is 131 Å². The van der Waals surface area contributed by atoms with Crippen LogP contribution in [0.1, 0.15) is 21.3 Å². The van der Waals surface area contributed by atoms with Gasteiger partial charge in [0.15, 0.2) is 0 Å². The van der Waals surface area contributed by atoms with Gasteiger partial charge < -0.3 is 10.2 Å². The summed E-state index contributed by atoms with van der Waals surface area (Å²) < 4.78 is 0.721. The molecule has 6 heteroatoms. The number of aromatic nitrogens is 1. The van der Waals surface area contributed by atoms with E-state index in [2.05, 4.69) is 37.2 Å². The van der Waals surface area contributed by atoms with Crippen molar-refractivity contribution in [3.8, 4) is 0 Å². The summed E-state index contributed by atoms with van der Waals surface area (Å²) in [6.45, 7) is 0.572. The topological polar surface area (TPSA) is 45.2 Å². The van der Waals surface area contributed by atoms with Gasteiger partial charge in [-0.25, -0.2) is 4.98 Å². The van der Waals surface area contributed by atoms with Gasteiger partial charge in [-0.05, 0) is 53.6 Å². The number of thiophene rings is 1. The van der Waals surface area contributed by atoms with Gasteiger partial charge in [0.1, 0.15) is 4.60 Å². The number of hydrogen-bond acceptors (Lipinski definition) is 4. The average Bonchev–Trinajstić information content (AvgIpc) is 2.93. The smallest absolute Gasteiger partial charge is 0.252 e. The molecule has 1 unspecified atom stereocenters. The highest BCUT2D eigenvalue weighted by Gasteiger charge is 2.16. The van der Waals surface area contributed by atoms with E-state index < -0.39 is 0 Å². The molecule has 0 aliphatic rings. The molecule has 0 saturated heterocycles. The van der Waals surface area contributed by atoms with E-state index in [0.29, 0.717) is 12.1 Å². The van der Waals surface area contributed by atoms with E-state index in [4.69, 9.17) is 0 Å². The van der Waals surface area contributed by atoms with Gasteiger partial charge in [0.05, 0.1) is 11.6 Å². The van der Waals surface area contributed by atoms with Crippen LogP contribution in [0, 0.1) is 0 Å². The van der Waals surface area contributed by atoms with E-state index in [1.165, 1.54) is 4.88 Å². The Kier molecular flexibility index (Phi) is 5.28. The van der Waals surface area contributed by atoms with Gasteiger partial charge >= 0.3 is 0 Å². The molecule has 0 aliphatic heterocycles. The molecule has 0 spiro atoms. The molecule has 1 atom stereocenters. The van der Waals surface area contributed by atoms with Crippen LogP contribution in [0.25, 0.3) is 0 Å². The quantitative estimate of drug-likeness (QED) is 0.840. The van der Waals surface area contributed by atoms with E-state index in [1.54, 1.807) is 29.7 Å². The number of hydrogen-bond donors (Lipinski definition) is 1. The van der Waals surface area contributed by atoms with Crippen molar-refractivity contribution in [2.75, 3.05) is 20.6 Å². The Morgan fingerprint density at radius 1 is 1.45 bits per heavy atom. The SMILES string of the molecule is CN(C)C(CNC(=O)c1ccc(Br)nc1)c1cccs1. The van der Waals surface area contributed by atoms with Gasteiger partial charge in [0, 0.05) is 17.6 Å². The van der Waals surface area contributed by atoms with Gasteiger partial charge in [-0.1, -0.05) is 6.07 Å². The molecule has 2 aromatic rings. The van der Waals surface area contributed by atoms with Crippen molar-refractivity contribution in [2.24, 2.45) is 0 Å². The first kappa shape index (κ1) is 15.2. The number of amides is 1. The summed E-state index contributed by atoms with van der Waals surface area (Å²) in [4.78, 5) is 19.5. The second kappa shape index (κ2) is 6.97. The minimum Gasteiger partial charge on any atom is -0.350 e. The van der Waals surface area contributed by atoms with Crippen molar-refractivity contribution in [1.29, 1.82) is 0 Å². The van der Waals surface area contributed by atoms with Crippen LogP contribution in [0.5, 0.6) is 0 Å². The highest BCUT2D eigenvalue weighted by atomic mass is 79.9. The number of carbonyl (C=O) groups is 1. The number of pyridine rings is 1. The molecule has 106 valence electrons. The van der Waals surface area contributed by atoms with Gasteiger partial charge in [-0.2, -0.15) is 0 Å². The summed E-state index contributed by atoms with van der Waals surface area (Å²) in [5.74, 6) is -0.103. The molecule has 4 nitrogen and oxygen atoms in total. The van der Waals surface area contributed by atoms with Crippen molar-refractivity contribution in [1.82, 2.24) is 15.2 Å². The summed E-state index contributed by atoms with van der Waals surface area (Å²) in [7, 11) is 4.02. The Balaban J connectivity index is 1.99. The first-order valence-electron chi connectivity index (χ1n) is 6.17. The number of halogens is 1. The van der Waals surface area contributed by atoms with E-state index in [9.17, 15) is 4.79 Å². The van der Waals surface area contributed by atoms with Crippen LogP contribution in [-0.4, -0.2) is 36.4 Å². The average molecular weight is 354 g/mol. The molecule has 0 fully saturated rings. The van der Waals surface area contributed by atoms with Gasteiger partial charge in [-0.15, -0.1) is 11.3 Å². The zero-order valence-corrected chi connectivity index (χ0v) is 13.7. The van der Waals surface area contributed by atoms with Crippen molar-refractivity contribution < 1.29 is 4.79 Å². The van der Waals surface area contributed by atoms with Crippen LogP contribution in [0.4, 0.5) is 0 Å². The van der Waals surface area contributed by atoms with Crippen LogP contribution in [0.3, 0.4) is 0 Å². The van der Waals surface area contributed by atoms with Crippen molar-refractivity contribution in [2.45, 2.75) is 6.04 Å². The summed E-state index contributed by atoms with van der Waals surface area (Å²) in [5.41, 5.74) is 0.567. The second-order valence-corrected chi connectivity index (χ2v) is 6.37. The number of nitrogens with one attached hydrogen (secondary N) is 1.